The maximum absolute atomic E-state index is 11.5. The van der Waals surface area contributed by atoms with E-state index in [-0.39, 0.29) is 23.5 Å². The third-order valence-corrected chi connectivity index (χ3v) is 4.57. The molecule has 82 valence electrons. The number of alkyl halides is 1. The first-order chi connectivity index (χ1) is 6.51. The summed E-state index contributed by atoms with van der Waals surface area (Å²) in [5, 5.41) is 0. The lowest BCUT2D eigenvalue weighted by atomic mass is 10.1. The van der Waals surface area contributed by atoms with Crippen molar-refractivity contribution < 1.29 is 13.2 Å². The van der Waals surface area contributed by atoms with Crippen LogP contribution in [0.4, 0.5) is 0 Å². The summed E-state index contributed by atoms with van der Waals surface area (Å²) in [6.07, 6.45) is 1.18. The van der Waals surface area contributed by atoms with Crippen molar-refractivity contribution in [3.63, 3.8) is 0 Å². The van der Waals surface area contributed by atoms with Crippen LogP contribution in [0, 0.1) is 5.92 Å². The van der Waals surface area contributed by atoms with Crippen molar-refractivity contribution in [3.8, 4) is 0 Å². The molecular formula is C8H14ClNO3S. The highest BCUT2D eigenvalue weighted by atomic mass is 35.5. The molecule has 1 rings (SSSR count). The summed E-state index contributed by atoms with van der Waals surface area (Å²) in [6, 6.07) is 0. The molecule has 1 atom stereocenters. The van der Waals surface area contributed by atoms with Gasteiger partial charge in [0.05, 0.1) is 5.75 Å². The molecule has 0 aromatic rings. The van der Waals surface area contributed by atoms with Crippen LogP contribution in [0.5, 0.6) is 0 Å². The molecule has 14 heavy (non-hydrogen) atoms. The number of amides is 1. The van der Waals surface area contributed by atoms with Crippen molar-refractivity contribution in [2.45, 2.75) is 19.8 Å². The first-order valence-electron chi connectivity index (χ1n) is 4.60. The van der Waals surface area contributed by atoms with Crippen LogP contribution in [0.1, 0.15) is 19.8 Å². The van der Waals surface area contributed by atoms with E-state index in [1.54, 1.807) is 0 Å². The van der Waals surface area contributed by atoms with E-state index in [9.17, 15) is 13.2 Å². The standard InChI is InChI=1S/C8H14ClNO3S/c1-2-7-5-8(11)10(6-7)14(12,13)4-3-9/h7H,2-6H2,1H3. The minimum Gasteiger partial charge on any atom is -0.274 e. The maximum atomic E-state index is 11.5. The Kier molecular flexibility index (Phi) is 3.78. The predicted molar refractivity (Wildman–Crippen MR) is 54.6 cm³/mol. The van der Waals surface area contributed by atoms with Gasteiger partial charge in [-0.2, -0.15) is 0 Å². The minimum absolute atomic E-state index is 0.0307. The SMILES string of the molecule is CCC1CC(=O)N(S(=O)(=O)CCCl)C1. The van der Waals surface area contributed by atoms with Crippen molar-refractivity contribution >= 4 is 27.5 Å². The van der Waals surface area contributed by atoms with Crippen LogP contribution in [-0.2, 0) is 14.8 Å². The second-order valence-electron chi connectivity index (χ2n) is 3.41. The number of carbonyl (C=O) groups excluding carboxylic acids is 1. The van der Waals surface area contributed by atoms with Crippen molar-refractivity contribution in [1.82, 2.24) is 4.31 Å². The maximum Gasteiger partial charge on any atom is 0.238 e. The second-order valence-corrected chi connectivity index (χ2v) is 5.80. The summed E-state index contributed by atoms with van der Waals surface area (Å²) in [6.45, 7) is 2.28. The summed E-state index contributed by atoms with van der Waals surface area (Å²) >= 11 is 5.37. The number of rotatable bonds is 4. The highest BCUT2D eigenvalue weighted by molar-refractivity contribution is 7.89. The Bertz CT molecular complexity index is 315. The molecule has 1 aliphatic rings. The van der Waals surface area contributed by atoms with Gasteiger partial charge in [-0.25, -0.2) is 12.7 Å². The van der Waals surface area contributed by atoms with Gasteiger partial charge in [-0.05, 0) is 5.92 Å². The zero-order valence-corrected chi connectivity index (χ0v) is 9.64. The summed E-state index contributed by atoms with van der Waals surface area (Å²) in [5.41, 5.74) is 0. The molecular weight excluding hydrogens is 226 g/mol. The lowest BCUT2D eigenvalue weighted by Gasteiger charge is -2.15. The molecule has 1 saturated heterocycles. The smallest absolute Gasteiger partial charge is 0.238 e. The average Bonchev–Trinajstić information content (AvgIpc) is 2.47. The number of halogens is 1. The molecule has 0 bridgehead atoms. The minimum atomic E-state index is -3.45. The Hall–Kier alpha value is -0.290. The third kappa shape index (κ3) is 2.39. The summed E-state index contributed by atoms with van der Waals surface area (Å²) < 4.78 is 24.0. The molecule has 1 heterocycles. The van der Waals surface area contributed by atoms with Crippen molar-refractivity contribution in [2.75, 3.05) is 18.2 Å². The molecule has 4 nitrogen and oxygen atoms in total. The van der Waals surface area contributed by atoms with E-state index in [1.807, 2.05) is 6.92 Å². The van der Waals surface area contributed by atoms with Crippen LogP contribution in [0.3, 0.4) is 0 Å². The highest BCUT2D eigenvalue weighted by Crippen LogP contribution is 2.23. The first-order valence-corrected chi connectivity index (χ1v) is 6.74. The number of nitrogens with zero attached hydrogens (tertiary/aromatic N) is 1. The van der Waals surface area contributed by atoms with Crippen LogP contribution < -0.4 is 0 Å². The molecule has 1 aliphatic heterocycles. The number of hydrogen-bond donors (Lipinski definition) is 0. The van der Waals surface area contributed by atoms with E-state index < -0.39 is 10.0 Å². The van der Waals surface area contributed by atoms with Crippen LogP contribution >= 0.6 is 11.6 Å². The van der Waals surface area contributed by atoms with Gasteiger partial charge in [-0.15, -0.1) is 11.6 Å². The fourth-order valence-corrected chi connectivity index (χ4v) is 3.32. The van der Waals surface area contributed by atoms with E-state index in [2.05, 4.69) is 0 Å². The molecule has 0 radical (unpaired) electrons. The molecule has 0 aromatic carbocycles. The van der Waals surface area contributed by atoms with Gasteiger partial charge in [-0.1, -0.05) is 13.3 Å². The molecule has 1 fully saturated rings. The van der Waals surface area contributed by atoms with E-state index in [4.69, 9.17) is 11.6 Å². The number of carbonyl (C=O) groups is 1. The molecule has 0 aromatic heterocycles. The van der Waals surface area contributed by atoms with Crippen molar-refractivity contribution in [1.29, 1.82) is 0 Å². The highest BCUT2D eigenvalue weighted by Gasteiger charge is 2.35. The molecule has 0 spiro atoms. The van der Waals surface area contributed by atoms with Gasteiger partial charge < -0.3 is 0 Å². The fraction of sp³-hybridized carbons (Fsp3) is 0.875. The van der Waals surface area contributed by atoms with E-state index in [0.717, 1.165) is 10.7 Å². The van der Waals surface area contributed by atoms with Gasteiger partial charge in [0.25, 0.3) is 0 Å². The van der Waals surface area contributed by atoms with Gasteiger partial charge in [0.2, 0.25) is 15.9 Å². The normalized spacial score (nSPS) is 23.1. The Labute approximate surface area is 89.3 Å². The summed E-state index contributed by atoms with van der Waals surface area (Å²) in [4.78, 5) is 11.4. The Morgan fingerprint density at radius 2 is 2.21 bits per heavy atom. The van der Waals surface area contributed by atoms with Gasteiger partial charge in [-0.3, -0.25) is 4.79 Å². The fourth-order valence-electron chi connectivity index (χ4n) is 1.50. The predicted octanol–water partition coefficient (Wildman–Crippen LogP) is 0.814. The van der Waals surface area contributed by atoms with Crippen LogP contribution in [0.2, 0.25) is 0 Å². The number of sulfonamides is 1. The van der Waals surface area contributed by atoms with Crippen LogP contribution in [0.25, 0.3) is 0 Å². The first kappa shape index (κ1) is 11.8. The van der Waals surface area contributed by atoms with Gasteiger partial charge >= 0.3 is 0 Å². The Balaban J connectivity index is 2.75. The van der Waals surface area contributed by atoms with Crippen molar-refractivity contribution in [3.05, 3.63) is 0 Å². The van der Waals surface area contributed by atoms with Crippen LogP contribution in [-0.4, -0.2) is 36.8 Å². The zero-order chi connectivity index (χ0) is 10.8. The zero-order valence-electron chi connectivity index (χ0n) is 8.07. The Morgan fingerprint density at radius 3 is 2.64 bits per heavy atom. The number of hydrogen-bond acceptors (Lipinski definition) is 3. The Morgan fingerprint density at radius 1 is 1.57 bits per heavy atom. The molecule has 0 saturated carbocycles. The third-order valence-electron chi connectivity index (χ3n) is 2.41. The van der Waals surface area contributed by atoms with E-state index in [0.29, 0.717) is 13.0 Å². The second kappa shape index (κ2) is 4.49. The lowest BCUT2D eigenvalue weighted by Crippen LogP contribution is -2.34. The van der Waals surface area contributed by atoms with Crippen molar-refractivity contribution in [2.24, 2.45) is 5.92 Å². The molecule has 0 aliphatic carbocycles. The molecule has 0 N–H and O–H groups in total. The average molecular weight is 240 g/mol. The van der Waals surface area contributed by atoms with Gasteiger partial charge in [0, 0.05) is 18.8 Å². The van der Waals surface area contributed by atoms with Gasteiger partial charge in [0.15, 0.2) is 0 Å². The summed E-state index contributed by atoms with van der Waals surface area (Å²) in [5.74, 6) is -0.242. The van der Waals surface area contributed by atoms with E-state index in [1.165, 1.54) is 0 Å². The lowest BCUT2D eigenvalue weighted by molar-refractivity contribution is -0.123. The van der Waals surface area contributed by atoms with Gasteiger partial charge in [0.1, 0.15) is 0 Å². The monoisotopic (exact) mass is 239 g/mol. The molecule has 1 amide bonds. The summed E-state index contributed by atoms with van der Waals surface area (Å²) in [7, 11) is -3.45. The topological polar surface area (TPSA) is 54.5 Å². The molecule has 1 unspecified atom stereocenters. The quantitative estimate of drug-likeness (QED) is 0.683. The van der Waals surface area contributed by atoms with E-state index >= 15 is 0 Å². The van der Waals surface area contributed by atoms with Crippen LogP contribution in [0.15, 0.2) is 0 Å². The largest absolute Gasteiger partial charge is 0.274 e. The molecule has 6 heteroatoms.